The molecule has 0 aliphatic heterocycles. The van der Waals surface area contributed by atoms with Gasteiger partial charge in [0.05, 0.1) is 11.4 Å². The minimum absolute atomic E-state index is 0.549. The minimum Gasteiger partial charge on any atom is -0.305 e. The molecule has 0 fully saturated rings. The van der Waals surface area contributed by atoms with Crippen molar-refractivity contribution < 1.29 is 8.78 Å². The number of allylic oxidation sites excluding steroid dienone is 1. The van der Waals surface area contributed by atoms with E-state index in [1.165, 1.54) is 23.5 Å². The van der Waals surface area contributed by atoms with Gasteiger partial charge in [-0.2, -0.15) is 0 Å². The summed E-state index contributed by atoms with van der Waals surface area (Å²) in [6.07, 6.45) is 2.83. The van der Waals surface area contributed by atoms with Crippen LogP contribution in [0.25, 0.3) is 17.5 Å². The average molecular weight is 500 g/mol. The monoisotopic (exact) mass is 500 g/mol. The first-order chi connectivity index (χ1) is 12.8. The number of rotatable bonds is 5. The first-order valence-corrected chi connectivity index (χ1v) is 10.3. The van der Waals surface area contributed by atoms with Crippen molar-refractivity contribution in [2.24, 2.45) is 0 Å². The third kappa shape index (κ3) is 4.06. The molecular formula is C19H19F2IN4S. The highest BCUT2D eigenvalue weighted by molar-refractivity contribution is 14.1. The molecule has 27 heavy (non-hydrogen) atoms. The van der Waals surface area contributed by atoms with Crippen LogP contribution in [-0.2, 0) is 6.42 Å². The van der Waals surface area contributed by atoms with E-state index < -0.39 is 11.6 Å². The molecule has 0 N–H and O–H groups in total. The van der Waals surface area contributed by atoms with Gasteiger partial charge in [0, 0.05) is 27.8 Å². The van der Waals surface area contributed by atoms with E-state index in [4.69, 9.17) is 0 Å². The number of imidazole rings is 1. The van der Waals surface area contributed by atoms with Gasteiger partial charge in [0.15, 0.2) is 16.8 Å². The Kier molecular flexibility index (Phi) is 5.95. The number of nitrogens with zero attached hydrogens (tertiary/aromatic N) is 4. The second-order valence-corrected chi connectivity index (χ2v) is 8.61. The van der Waals surface area contributed by atoms with Crippen molar-refractivity contribution >= 4 is 51.1 Å². The first kappa shape index (κ1) is 19.9. The highest BCUT2D eigenvalue weighted by Gasteiger charge is 2.20. The lowest BCUT2D eigenvalue weighted by molar-refractivity contribution is 0.509. The van der Waals surface area contributed by atoms with E-state index in [1.807, 2.05) is 37.4 Å². The molecular weight excluding hydrogens is 481 g/mol. The largest absolute Gasteiger partial charge is 0.305 e. The number of hydrogen-bond donors (Lipinski definition) is 0. The smallest absolute Gasteiger partial charge is 0.191 e. The summed E-state index contributed by atoms with van der Waals surface area (Å²) in [6.45, 7) is 6.07. The zero-order valence-corrected chi connectivity index (χ0v) is 18.4. The molecule has 3 rings (SSSR count). The van der Waals surface area contributed by atoms with Crippen LogP contribution in [-0.4, -0.2) is 21.6 Å². The predicted molar refractivity (Wildman–Crippen MR) is 116 cm³/mol. The summed E-state index contributed by atoms with van der Waals surface area (Å²) in [6, 6.07) is 3.82. The molecule has 2 heterocycles. The van der Waals surface area contributed by atoms with Gasteiger partial charge in [-0.1, -0.05) is 6.92 Å². The maximum atomic E-state index is 13.5. The Morgan fingerprint density at radius 1 is 1.30 bits per heavy atom. The zero-order chi connectivity index (χ0) is 19.7. The number of aromatic nitrogens is 3. The van der Waals surface area contributed by atoms with Crippen LogP contribution in [0.5, 0.6) is 0 Å². The van der Waals surface area contributed by atoms with Crippen molar-refractivity contribution in [3.8, 4) is 11.3 Å². The third-order valence-corrected chi connectivity index (χ3v) is 5.28. The highest BCUT2D eigenvalue weighted by Crippen LogP contribution is 2.34. The molecule has 0 aliphatic carbocycles. The normalized spacial score (nSPS) is 11.9. The summed E-state index contributed by atoms with van der Waals surface area (Å²) >= 11 is 3.72. The summed E-state index contributed by atoms with van der Waals surface area (Å²) in [5, 5.41) is 2.60. The van der Waals surface area contributed by atoms with Crippen LogP contribution in [0, 0.1) is 18.6 Å². The Morgan fingerprint density at radius 3 is 2.67 bits per heavy atom. The van der Waals surface area contributed by atoms with Crippen LogP contribution in [0.4, 0.5) is 19.7 Å². The van der Waals surface area contributed by atoms with Gasteiger partial charge in [-0.15, -0.1) is 11.3 Å². The molecule has 8 heteroatoms. The van der Waals surface area contributed by atoms with Crippen LogP contribution in [0.3, 0.4) is 0 Å². The fraction of sp³-hybridized carbons (Fsp3) is 0.263. The van der Waals surface area contributed by atoms with Gasteiger partial charge in [0.25, 0.3) is 0 Å². The van der Waals surface area contributed by atoms with Gasteiger partial charge in [-0.05, 0) is 61.1 Å². The molecule has 0 atom stereocenters. The number of aryl methyl sites for hydroxylation is 2. The summed E-state index contributed by atoms with van der Waals surface area (Å²) in [5.41, 5.74) is 2.14. The molecule has 0 radical (unpaired) electrons. The molecule has 0 spiro atoms. The molecule has 0 saturated heterocycles. The third-order valence-electron chi connectivity index (χ3n) is 4.09. The summed E-state index contributed by atoms with van der Waals surface area (Å²) in [5.74, 6) is 0.124. The molecule has 4 nitrogen and oxygen atoms in total. The molecule has 3 aromatic rings. The molecule has 0 amide bonds. The van der Waals surface area contributed by atoms with Gasteiger partial charge >= 0.3 is 0 Å². The number of anilines is 2. The lowest BCUT2D eigenvalue weighted by atomic mass is 10.2. The maximum absolute atomic E-state index is 13.5. The lowest BCUT2D eigenvalue weighted by Crippen LogP contribution is -2.14. The second-order valence-electron chi connectivity index (χ2n) is 6.07. The Bertz CT molecular complexity index is 1010. The zero-order valence-electron chi connectivity index (χ0n) is 15.4. The van der Waals surface area contributed by atoms with Crippen LogP contribution >= 0.6 is 33.9 Å². The van der Waals surface area contributed by atoms with Crippen LogP contribution in [0.1, 0.15) is 25.4 Å². The average Bonchev–Trinajstić information content (AvgIpc) is 3.22. The Balaban J connectivity index is 2.02. The van der Waals surface area contributed by atoms with Gasteiger partial charge in [0.2, 0.25) is 0 Å². The van der Waals surface area contributed by atoms with Crippen LogP contribution < -0.4 is 4.90 Å². The molecule has 0 bridgehead atoms. The van der Waals surface area contributed by atoms with E-state index in [9.17, 15) is 8.78 Å². The van der Waals surface area contributed by atoms with E-state index in [0.717, 1.165) is 38.5 Å². The molecule has 0 aliphatic rings. The van der Waals surface area contributed by atoms with Crippen LogP contribution in [0.2, 0.25) is 0 Å². The van der Waals surface area contributed by atoms with E-state index in [-0.39, 0.29) is 0 Å². The Hall–Kier alpha value is -1.81. The maximum Gasteiger partial charge on any atom is 0.191 e. The minimum atomic E-state index is -0.875. The number of hydrogen-bond acceptors (Lipinski definition) is 4. The van der Waals surface area contributed by atoms with Gasteiger partial charge < -0.3 is 4.90 Å². The molecule has 2 aromatic heterocycles. The fourth-order valence-electron chi connectivity index (χ4n) is 2.81. The topological polar surface area (TPSA) is 34.0 Å². The van der Waals surface area contributed by atoms with Crippen molar-refractivity contribution in [2.45, 2.75) is 27.2 Å². The SMILES string of the molecule is CCc1nc(C)n(/C=C(\C)I)c1N(C)c1nc(-c2ccc(F)c(F)c2)cs1. The standard InChI is InChI=1S/C19H19F2IN4S/c1-5-16-18(26(9-11(2)22)12(3)23-16)25(4)19-24-17(10-27-19)13-6-7-14(20)15(21)8-13/h6-10H,5H2,1-4H3/b11-9+. The van der Waals surface area contributed by atoms with E-state index >= 15 is 0 Å². The summed E-state index contributed by atoms with van der Waals surface area (Å²) in [4.78, 5) is 11.3. The summed E-state index contributed by atoms with van der Waals surface area (Å²) < 4.78 is 29.9. The van der Waals surface area contributed by atoms with Crippen molar-refractivity contribution in [2.75, 3.05) is 11.9 Å². The number of thiazole rings is 1. The van der Waals surface area contributed by atoms with E-state index in [0.29, 0.717) is 11.3 Å². The van der Waals surface area contributed by atoms with Crippen LogP contribution in [0.15, 0.2) is 27.2 Å². The molecule has 0 unspecified atom stereocenters. The van der Waals surface area contributed by atoms with Gasteiger partial charge in [-0.3, -0.25) is 4.57 Å². The molecule has 0 saturated carbocycles. The van der Waals surface area contributed by atoms with Gasteiger partial charge in [0.1, 0.15) is 11.6 Å². The number of halogens is 3. The van der Waals surface area contributed by atoms with Gasteiger partial charge in [-0.25, -0.2) is 18.7 Å². The molecule has 142 valence electrons. The van der Waals surface area contributed by atoms with Crippen molar-refractivity contribution in [1.82, 2.24) is 14.5 Å². The predicted octanol–water partition coefficient (Wildman–Crippen LogP) is 6.18. The van der Waals surface area contributed by atoms with Crippen molar-refractivity contribution in [3.63, 3.8) is 0 Å². The van der Waals surface area contributed by atoms with Crippen molar-refractivity contribution in [1.29, 1.82) is 0 Å². The van der Waals surface area contributed by atoms with Crippen molar-refractivity contribution in [3.05, 3.63) is 50.3 Å². The second kappa shape index (κ2) is 8.05. The number of benzene rings is 1. The van der Waals surface area contributed by atoms with E-state index in [1.54, 1.807) is 0 Å². The Morgan fingerprint density at radius 2 is 2.04 bits per heavy atom. The lowest BCUT2D eigenvalue weighted by Gasteiger charge is -2.18. The first-order valence-electron chi connectivity index (χ1n) is 8.38. The van der Waals surface area contributed by atoms with E-state index in [2.05, 4.69) is 44.0 Å². The highest BCUT2D eigenvalue weighted by atomic mass is 127. The molecule has 1 aromatic carbocycles. The fourth-order valence-corrected chi connectivity index (χ4v) is 3.89. The Labute approximate surface area is 174 Å². The quantitative estimate of drug-likeness (QED) is 0.393. The summed E-state index contributed by atoms with van der Waals surface area (Å²) in [7, 11) is 1.94.